The third-order valence-electron chi connectivity index (χ3n) is 5.40. The van der Waals surface area contributed by atoms with Crippen molar-refractivity contribution in [3.05, 3.63) is 11.3 Å². The molecule has 1 N–H and O–H groups in total. The molecule has 8 heteroatoms. The van der Waals surface area contributed by atoms with Crippen LogP contribution in [0.25, 0.3) is 0 Å². The molecule has 1 unspecified atom stereocenters. The maximum atomic E-state index is 12.6. The first-order chi connectivity index (χ1) is 12.6. The van der Waals surface area contributed by atoms with Crippen LogP contribution in [0.15, 0.2) is 0 Å². The molecule has 8 nitrogen and oxygen atoms in total. The minimum atomic E-state index is -0.222. The van der Waals surface area contributed by atoms with Gasteiger partial charge in [0.15, 0.2) is 0 Å². The Morgan fingerprint density at radius 3 is 2.73 bits per heavy atom. The van der Waals surface area contributed by atoms with Crippen molar-refractivity contribution in [2.24, 2.45) is 0 Å². The van der Waals surface area contributed by atoms with E-state index in [9.17, 15) is 4.79 Å². The molecule has 2 saturated heterocycles. The lowest BCUT2D eigenvalue weighted by atomic mass is 10.1. The van der Waals surface area contributed by atoms with E-state index in [1.54, 1.807) is 0 Å². The number of hydrogen-bond donors (Lipinski definition) is 1. The van der Waals surface area contributed by atoms with Crippen LogP contribution in [0, 0.1) is 0 Å². The van der Waals surface area contributed by atoms with Gasteiger partial charge in [0.2, 0.25) is 5.95 Å². The molecule has 1 aromatic heterocycles. The van der Waals surface area contributed by atoms with Gasteiger partial charge in [-0.3, -0.25) is 4.79 Å². The summed E-state index contributed by atoms with van der Waals surface area (Å²) in [6.07, 6.45) is 2.58. The number of nitrogens with one attached hydrogen (secondary N) is 1. The summed E-state index contributed by atoms with van der Waals surface area (Å²) >= 11 is 0. The highest BCUT2D eigenvalue weighted by molar-refractivity contribution is 5.81. The molecule has 142 valence electrons. The molecule has 0 spiro atoms. The fraction of sp³-hybridized carbons (Fsp3) is 0.722. The molecule has 3 aliphatic rings. The minimum absolute atomic E-state index is 0.157. The van der Waals surface area contributed by atoms with Crippen molar-refractivity contribution in [2.75, 3.05) is 63.2 Å². The SMILES string of the molecule is CN(C)c1nc2c(c(N3CCN(C(=O)C4CCCO4)CC3)n1)CCNC2. The van der Waals surface area contributed by atoms with Gasteiger partial charge in [-0.2, -0.15) is 4.98 Å². The van der Waals surface area contributed by atoms with Crippen LogP contribution in [0.3, 0.4) is 0 Å². The standard InChI is InChI=1S/C18H28N6O2/c1-22(2)18-20-14-12-19-6-5-13(14)16(21-18)23-7-9-24(10-8-23)17(25)15-4-3-11-26-15/h15,19H,3-12H2,1-2H3. The van der Waals surface area contributed by atoms with Gasteiger partial charge in [0.25, 0.3) is 5.91 Å². The number of aromatic nitrogens is 2. The summed E-state index contributed by atoms with van der Waals surface area (Å²) < 4.78 is 5.56. The number of anilines is 2. The lowest BCUT2D eigenvalue weighted by Crippen LogP contribution is -2.52. The van der Waals surface area contributed by atoms with Gasteiger partial charge in [-0.15, -0.1) is 0 Å². The van der Waals surface area contributed by atoms with E-state index < -0.39 is 0 Å². The van der Waals surface area contributed by atoms with Crippen LogP contribution >= 0.6 is 0 Å². The van der Waals surface area contributed by atoms with E-state index in [0.717, 1.165) is 76.0 Å². The maximum Gasteiger partial charge on any atom is 0.251 e. The molecule has 2 fully saturated rings. The average Bonchev–Trinajstić information content (AvgIpc) is 3.21. The first-order valence-electron chi connectivity index (χ1n) is 9.56. The van der Waals surface area contributed by atoms with Crippen molar-refractivity contribution in [1.29, 1.82) is 0 Å². The Morgan fingerprint density at radius 1 is 1.23 bits per heavy atom. The van der Waals surface area contributed by atoms with Crippen LogP contribution in [-0.2, 0) is 22.5 Å². The van der Waals surface area contributed by atoms with E-state index >= 15 is 0 Å². The number of amides is 1. The van der Waals surface area contributed by atoms with Gasteiger partial charge in [-0.05, 0) is 25.8 Å². The van der Waals surface area contributed by atoms with E-state index in [-0.39, 0.29) is 12.0 Å². The predicted octanol–water partition coefficient (Wildman–Crippen LogP) is 0.0159. The predicted molar refractivity (Wildman–Crippen MR) is 99.5 cm³/mol. The lowest BCUT2D eigenvalue weighted by molar-refractivity contribution is -0.141. The van der Waals surface area contributed by atoms with Gasteiger partial charge >= 0.3 is 0 Å². The van der Waals surface area contributed by atoms with Crippen molar-refractivity contribution in [1.82, 2.24) is 20.2 Å². The summed E-state index contributed by atoms with van der Waals surface area (Å²) in [5.74, 6) is 1.95. The molecule has 0 radical (unpaired) electrons. The van der Waals surface area contributed by atoms with Crippen molar-refractivity contribution in [3.63, 3.8) is 0 Å². The van der Waals surface area contributed by atoms with Crippen LogP contribution in [-0.4, -0.2) is 80.3 Å². The van der Waals surface area contributed by atoms with Crippen molar-refractivity contribution in [3.8, 4) is 0 Å². The van der Waals surface area contributed by atoms with Gasteiger partial charge in [0.1, 0.15) is 11.9 Å². The molecule has 1 atom stereocenters. The lowest BCUT2D eigenvalue weighted by Gasteiger charge is -2.38. The van der Waals surface area contributed by atoms with Crippen LogP contribution in [0.4, 0.5) is 11.8 Å². The molecule has 1 aromatic rings. The van der Waals surface area contributed by atoms with Gasteiger partial charge in [-0.1, -0.05) is 0 Å². The van der Waals surface area contributed by atoms with E-state index in [0.29, 0.717) is 6.61 Å². The summed E-state index contributed by atoms with van der Waals surface area (Å²) in [4.78, 5) is 28.3. The number of hydrogen-bond acceptors (Lipinski definition) is 7. The number of carbonyl (C=O) groups is 1. The monoisotopic (exact) mass is 360 g/mol. The first-order valence-corrected chi connectivity index (χ1v) is 9.56. The minimum Gasteiger partial charge on any atom is -0.368 e. The third-order valence-corrected chi connectivity index (χ3v) is 5.40. The number of carbonyl (C=O) groups excluding carboxylic acids is 1. The Bertz CT molecular complexity index is 666. The highest BCUT2D eigenvalue weighted by Gasteiger charge is 2.31. The van der Waals surface area contributed by atoms with E-state index in [1.807, 2.05) is 23.9 Å². The zero-order chi connectivity index (χ0) is 18.1. The quantitative estimate of drug-likeness (QED) is 0.814. The normalized spacial score (nSPS) is 23.1. The van der Waals surface area contributed by atoms with Crippen molar-refractivity contribution in [2.45, 2.75) is 31.9 Å². The molecule has 3 aliphatic heterocycles. The molecule has 4 heterocycles. The molecule has 4 rings (SSSR count). The Balaban J connectivity index is 1.50. The Labute approximate surface area is 154 Å². The van der Waals surface area contributed by atoms with Gasteiger partial charge in [0, 0.05) is 59.0 Å². The summed E-state index contributed by atoms with van der Waals surface area (Å²) in [7, 11) is 3.94. The zero-order valence-corrected chi connectivity index (χ0v) is 15.7. The molecule has 26 heavy (non-hydrogen) atoms. The molecule has 0 saturated carbocycles. The Morgan fingerprint density at radius 2 is 2.04 bits per heavy atom. The van der Waals surface area contributed by atoms with Crippen LogP contribution < -0.4 is 15.1 Å². The average molecular weight is 360 g/mol. The summed E-state index contributed by atoms with van der Waals surface area (Å²) in [5.41, 5.74) is 2.36. The first kappa shape index (κ1) is 17.5. The topological polar surface area (TPSA) is 73.8 Å². The molecule has 0 aliphatic carbocycles. The Hall–Kier alpha value is -1.93. The van der Waals surface area contributed by atoms with Crippen LogP contribution in [0.5, 0.6) is 0 Å². The number of ether oxygens (including phenoxy) is 1. The van der Waals surface area contributed by atoms with Crippen LogP contribution in [0.2, 0.25) is 0 Å². The summed E-state index contributed by atoms with van der Waals surface area (Å²) in [6, 6.07) is 0. The number of nitrogens with zero attached hydrogens (tertiary/aromatic N) is 5. The second-order valence-corrected chi connectivity index (χ2v) is 7.41. The van der Waals surface area contributed by atoms with Crippen LogP contribution in [0.1, 0.15) is 24.1 Å². The highest BCUT2D eigenvalue weighted by atomic mass is 16.5. The summed E-state index contributed by atoms with van der Waals surface area (Å²) in [5, 5.41) is 3.40. The fourth-order valence-electron chi connectivity index (χ4n) is 3.90. The smallest absolute Gasteiger partial charge is 0.251 e. The number of rotatable bonds is 3. The molecule has 1 amide bonds. The van der Waals surface area contributed by atoms with Gasteiger partial charge in [0.05, 0.1) is 5.69 Å². The van der Waals surface area contributed by atoms with Crippen molar-refractivity contribution < 1.29 is 9.53 Å². The fourth-order valence-corrected chi connectivity index (χ4v) is 3.90. The maximum absolute atomic E-state index is 12.6. The Kier molecular flexibility index (Phi) is 4.95. The largest absolute Gasteiger partial charge is 0.368 e. The third kappa shape index (κ3) is 3.35. The molecule has 0 bridgehead atoms. The second-order valence-electron chi connectivity index (χ2n) is 7.41. The van der Waals surface area contributed by atoms with E-state index in [1.165, 1.54) is 5.56 Å². The number of fused-ring (bicyclic) bond motifs is 1. The van der Waals surface area contributed by atoms with Crippen molar-refractivity contribution >= 4 is 17.7 Å². The van der Waals surface area contributed by atoms with E-state index in [4.69, 9.17) is 14.7 Å². The molecule has 0 aromatic carbocycles. The van der Waals surface area contributed by atoms with Gasteiger partial charge < -0.3 is 24.8 Å². The van der Waals surface area contributed by atoms with E-state index in [2.05, 4.69) is 10.2 Å². The summed E-state index contributed by atoms with van der Waals surface area (Å²) in [6.45, 7) is 5.54. The zero-order valence-electron chi connectivity index (χ0n) is 15.7. The highest BCUT2D eigenvalue weighted by Crippen LogP contribution is 2.27. The van der Waals surface area contributed by atoms with Gasteiger partial charge in [-0.25, -0.2) is 4.98 Å². The molecular formula is C18H28N6O2. The number of piperazine rings is 1. The molecular weight excluding hydrogens is 332 g/mol. The second kappa shape index (κ2) is 7.36.